The summed E-state index contributed by atoms with van der Waals surface area (Å²) in [6, 6.07) is 8.06. The van der Waals surface area contributed by atoms with Gasteiger partial charge in [-0.2, -0.15) is 0 Å². The summed E-state index contributed by atoms with van der Waals surface area (Å²) in [5.74, 6) is 0.548. The van der Waals surface area contributed by atoms with E-state index in [0.29, 0.717) is 5.69 Å². The zero-order chi connectivity index (χ0) is 17.5. The van der Waals surface area contributed by atoms with Crippen LogP contribution in [-0.2, 0) is 14.8 Å². The van der Waals surface area contributed by atoms with Crippen LogP contribution in [0.3, 0.4) is 0 Å². The van der Waals surface area contributed by atoms with Crippen molar-refractivity contribution in [3.8, 4) is 0 Å². The highest BCUT2D eigenvalue weighted by atomic mass is 35.5. The number of halogens is 1. The van der Waals surface area contributed by atoms with Crippen molar-refractivity contribution in [2.75, 3.05) is 19.4 Å². The summed E-state index contributed by atoms with van der Waals surface area (Å²) in [6.07, 6.45) is 2.30. The summed E-state index contributed by atoms with van der Waals surface area (Å²) in [5, 5.41) is 2.86. The minimum absolute atomic E-state index is 0.0367. The smallest absolute Gasteiger partial charge is 0.244 e. The normalized spacial score (nSPS) is 20.2. The monoisotopic (exact) mass is 368 g/mol. The number of amides is 1. The van der Waals surface area contributed by atoms with Gasteiger partial charge in [0.05, 0.1) is 11.3 Å². The first-order valence-corrected chi connectivity index (χ1v) is 9.19. The number of hydrogen-bond donors (Lipinski definition) is 1. The van der Waals surface area contributed by atoms with Crippen molar-refractivity contribution in [3.63, 3.8) is 0 Å². The fraction of sp³-hybridized carbons (Fsp3) is 0.312. The number of sulfonamides is 1. The van der Waals surface area contributed by atoms with E-state index in [2.05, 4.69) is 5.32 Å². The molecule has 0 aliphatic heterocycles. The number of furan rings is 1. The molecule has 1 amide bonds. The van der Waals surface area contributed by atoms with Crippen LogP contribution in [0.25, 0.3) is 0 Å². The fourth-order valence-electron chi connectivity index (χ4n) is 2.51. The maximum Gasteiger partial charge on any atom is 0.244 e. The molecule has 1 aliphatic carbocycles. The number of hydrogen-bond acceptors (Lipinski definition) is 4. The van der Waals surface area contributed by atoms with E-state index in [-0.39, 0.29) is 27.7 Å². The summed E-state index contributed by atoms with van der Waals surface area (Å²) < 4.78 is 30.9. The second kappa shape index (κ2) is 6.23. The van der Waals surface area contributed by atoms with Crippen LogP contribution in [0.1, 0.15) is 18.1 Å². The Morgan fingerprint density at radius 3 is 2.71 bits per heavy atom. The van der Waals surface area contributed by atoms with Crippen molar-refractivity contribution < 1.29 is 17.6 Å². The van der Waals surface area contributed by atoms with Crippen LogP contribution < -0.4 is 5.32 Å². The minimum atomic E-state index is -3.68. The highest BCUT2D eigenvalue weighted by molar-refractivity contribution is 7.89. The third-order valence-electron chi connectivity index (χ3n) is 3.99. The van der Waals surface area contributed by atoms with Crippen molar-refractivity contribution in [1.29, 1.82) is 0 Å². The van der Waals surface area contributed by atoms with Gasteiger partial charge in [0.25, 0.3) is 0 Å². The molecule has 1 N–H and O–H groups in total. The van der Waals surface area contributed by atoms with E-state index in [4.69, 9.17) is 16.0 Å². The van der Waals surface area contributed by atoms with Crippen LogP contribution in [0.15, 0.2) is 45.9 Å². The molecule has 3 rings (SSSR count). The largest absolute Gasteiger partial charge is 0.469 e. The number of nitrogens with one attached hydrogen (secondary N) is 1. The molecule has 0 unspecified atom stereocenters. The van der Waals surface area contributed by atoms with Crippen molar-refractivity contribution in [3.05, 3.63) is 47.4 Å². The lowest BCUT2D eigenvalue weighted by molar-refractivity contribution is -0.117. The Hall–Kier alpha value is -1.83. The standard InChI is InChI=1S/C16H17ClN2O4S/c1-19(2)24(21,22)15-8-10(5-6-13(15)17)18-16(20)12-9-11(12)14-4-3-7-23-14/h3-8,11-12H,9H2,1-2H3,(H,18,20)/t11-,12-/m1/s1. The molecule has 1 aromatic carbocycles. The van der Waals surface area contributed by atoms with Crippen LogP contribution >= 0.6 is 11.6 Å². The second-order valence-corrected chi connectivity index (χ2v) is 8.41. The van der Waals surface area contributed by atoms with Gasteiger partial charge >= 0.3 is 0 Å². The first-order valence-electron chi connectivity index (χ1n) is 7.37. The van der Waals surface area contributed by atoms with E-state index >= 15 is 0 Å². The molecule has 6 nitrogen and oxygen atoms in total. The summed E-state index contributed by atoms with van der Waals surface area (Å²) >= 11 is 6.00. The van der Waals surface area contributed by atoms with Crippen LogP contribution in [0.4, 0.5) is 5.69 Å². The van der Waals surface area contributed by atoms with E-state index in [1.54, 1.807) is 18.4 Å². The van der Waals surface area contributed by atoms with Crippen LogP contribution in [0.5, 0.6) is 0 Å². The lowest BCUT2D eigenvalue weighted by Crippen LogP contribution is -2.23. The van der Waals surface area contributed by atoms with Crippen molar-refractivity contribution in [1.82, 2.24) is 4.31 Å². The molecule has 128 valence electrons. The third-order valence-corrected chi connectivity index (χ3v) is 6.29. The first-order chi connectivity index (χ1) is 11.3. The summed E-state index contributed by atoms with van der Waals surface area (Å²) in [5.41, 5.74) is 0.398. The van der Waals surface area contributed by atoms with Crippen LogP contribution in [0.2, 0.25) is 5.02 Å². The summed E-state index contributed by atoms with van der Waals surface area (Å²) in [7, 11) is -0.830. The Bertz CT molecular complexity index is 862. The Morgan fingerprint density at radius 1 is 1.33 bits per heavy atom. The number of anilines is 1. The summed E-state index contributed by atoms with van der Waals surface area (Å²) in [6.45, 7) is 0. The van der Waals surface area contributed by atoms with Gasteiger partial charge in [-0.1, -0.05) is 11.6 Å². The van der Waals surface area contributed by atoms with Crippen molar-refractivity contribution >= 4 is 33.2 Å². The molecule has 0 radical (unpaired) electrons. The van der Waals surface area contributed by atoms with Crippen molar-refractivity contribution in [2.45, 2.75) is 17.2 Å². The summed E-state index contributed by atoms with van der Waals surface area (Å²) in [4.78, 5) is 12.3. The van der Waals surface area contributed by atoms with Gasteiger partial charge in [-0.25, -0.2) is 12.7 Å². The fourth-order valence-corrected chi connectivity index (χ4v) is 3.91. The molecular formula is C16H17ClN2O4S. The molecule has 1 aromatic heterocycles. The Morgan fingerprint density at radius 2 is 2.08 bits per heavy atom. The number of nitrogens with zero attached hydrogens (tertiary/aromatic N) is 1. The molecule has 1 heterocycles. The minimum Gasteiger partial charge on any atom is -0.469 e. The number of rotatable bonds is 5. The second-order valence-electron chi connectivity index (χ2n) is 5.89. The van der Waals surface area contributed by atoms with Gasteiger partial charge in [0.1, 0.15) is 10.7 Å². The van der Waals surface area contributed by atoms with Gasteiger partial charge in [-0.05, 0) is 36.8 Å². The number of carbonyl (C=O) groups is 1. The Kier molecular flexibility index (Phi) is 4.42. The van der Waals surface area contributed by atoms with Gasteiger partial charge in [0.2, 0.25) is 15.9 Å². The molecule has 2 atom stereocenters. The zero-order valence-electron chi connectivity index (χ0n) is 13.2. The van der Waals surface area contributed by atoms with E-state index in [1.165, 1.54) is 26.2 Å². The van der Waals surface area contributed by atoms with E-state index in [9.17, 15) is 13.2 Å². The Balaban J connectivity index is 1.76. The number of benzene rings is 1. The molecule has 1 fully saturated rings. The van der Waals surface area contributed by atoms with Gasteiger partial charge in [0, 0.05) is 31.6 Å². The average molecular weight is 369 g/mol. The van der Waals surface area contributed by atoms with Gasteiger partial charge in [-0.15, -0.1) is 0 Å². The van der Waals surface area contributed by atoms with Crippen LogP contribution in [0, 0.1) is 5.92 Å². The van der Waals surface area contributed by atoms with E-state index < -0.39 is 10.0 Å². The van der Waals surface area contributed by atoms with Crippen molar-refractivity contribution in [2.24, 2.45) is 5.92 Å². The highest BCUT2D eigenvalue weighted by Gasteiger charge is 2.45. The molecule has 0 bridgehead atoms. The SMILES string of the molecule is CN(C)S(=O)(=O)c1cc(NC(=O)[C@@H]2C[C@H]2c2ccco2)ccc1Cl. The lowest BCUT2D eigenvalue weighted by atomic mass is 10.2. The average Bonchev–Trinajstić information content (AvgIpc) is 3.15. The maximum absolute atomic E-state index is 12.3. The van der Waals surface area contributed by atoms with Gasteiger partial charge in [-0.3, -0.25) is 4.79 Å². The molecule has 0 spiro atoms. The van der Waals surface area contributed by atoms with Gasteiger partial charge in [0.15, 0.2) is 0 Å². The van der Waals surface area contributed by atoms with E-state index in [0.717, 1.165) is 16.5 Å². The first kappa shape index (κ1) is 17.0. The quantitative estimate of drug-likeness (QED) is 0.879. The Labute approximate surface area is 145 Å². The number of carbonyl (C=O) groups excluding carboxylic acids is 1. The topological polar surface area (TPSA) is 79.6 Å². The molecule has 0 saturated heterocycles. The van der Waals surface area contributed by atoms with Crippen LogP contribution in [-0.4, -0.2) is 32.7 Å². The molecule has 8 heteroatoms. The molecular weight excluding hydrogens is 352 g/mol. The maximum atomic E-state index is 12.3. The predicted octanol–water partition coefficient (Wildman–Crippen LogP) is 2.93. The van der Waals surface area contributed by atoms with Gasteiger partial charge < -0.3 is 9.73 Å². The zero-order valence-corrected chi connectivity index (χ0v) is 14.8. The predicted molar refractivity (Wildman–Crippen MR) is 90.5 cm³/mol. The molecule has 1 aliphatic rings. The molecule has 24 heavy (non-hydrogen) atoms. The molecule has 1 saturated carbocycles. The highest BCUT2D eigenvalue weighted by Crippen LogP contribution is 2.48. The van der Waals surface area contributed by atoms with E-state index in [1.807, 2.05) is 6.07 Å². The third kappa shape index (κ3) is 3.19. The molecule has 2 aromatic rings. The lowest BCUT2D eigenvalue weighted by Gasteiger charge is -2.14.